The summed E-state index contributed by atoms with van der Waals surface area (Å²) in [6.07, 6.45) is 1.37. The minimum atomic E-state index is -4.74. The molecule has 0 radical (unpaired) electrons. The van der Waals surface area contributed by atoms with E-state index in [9.17, 15) is 13.2 Å². The molecule has 4 heteroatoms. The number of hydrogen-bond donors (Lipinski definition) is 0. The van der Waals surface area contributed by atoms with Crippen LogP contribution < -0.4 is 4.74 Å². The molecule has 0 heterocycles. The summed E-state index contributed by atoms with van der Waals surface area (Å²) in [4.78, 5) is 0. The van der Waals surface area contributed by atoms with Crippen LogP contribution in [0.4, 0.5) is 13.2 Å². The van der Waals surface area contributed by atoms with E-state index in [4.69, 9.17) is 6.42 Å². The smallest absolute Gasteiger partial charge is 0.405 e. The number of aryl methyl sites for hydroxylation is 1. The van der Waals surface area contributed by atoms with Crippen molar-refractivity contribution in [2.45, 2.75) is 19.7 Å². The van der Waals surface area contributed by atoms with E-state index in [0.29, 0.717) is 16.7 Å². The number of halogens is 3. The van der Waals surface area contributed by atoms with Gasteiger partial charge in [0.15, 0.2) is 0 Å². The molecular formula is C17H13F3O. The van der Waals surface area contributed by atoms with Gasteiger partial charge in [-0.25, -0.2) is 0 Å². The zero-order valence-electron chi connectivity index (χ0n) is 11.4. The highest BCUT2D eigenvalue weighted by atomic mass is 19.4. The molecule has 0 saturated heterocycles. The summed E-state index contributed by atoms with van der Waals surface area (Å²) in [7, 11) is 0. The Morgan fingerprint density at radius 1 is 1.14 bits per heavy atom. The normalized spacial score (nSPS) is 11.0. The van der Waals surface area contributed by atoms with Crippen molar-refractivity contribution in [3.63, 3.8) is 0 Å². The minimum Gasteiger partial charge on any atom is -0.405 e. The summed E-state index contributed by atoms with van der Waals surface area (Å²) in [5.41, 5.74) is 2.50. The first-order chi connectivity index (χ1) is 9.93. The van der Waals surface area contributed by atoms with Gasteiger partial charge in [-0.2, -0.15) is 0 Å². The maximum absolute atomic E-state index is 12.5. The summed E-state index contributed by atoms with van der Waals surface area (Å²) in [5, 5.41) is 0. The fourth-order valence-corrected chi connectivity index (χ4v) is 2.02. The monoisotopic (exact) mass is 290 g/mol. The molecule has 0 atom stereocenters. The zero-order chi connectivity index (χ0) is 15.5. The van der Waals surface area contributed by atoms with Gasteiger partial charge in [0.05, 0.1) is 0 Å². The van der Waals surface area contributed by atoms with Gasteiger partial charge in [0.25, 0.3) is 0 Å². The molecule has 0 aliphatic rings. The Morgan fingerprint density at radius 2 is 1.90 bits per heavy atom. The number of terminal acetylenes is 1. The summed E-state index contributed by atoms with van der Waals surface area (Å²) >= 11 is 0. The third-order valence-electron chi connectivity index (χ3n) is 3.02. The number of hydrogen-bond acceptors (Lipinski definition) is 1. The third kappa shape index (κ3) is 3.79. The van der Waals surface area contributed by atoms with E-state index in [1.807, 2.05) is 19.1 Å². The van der Waals surface area contributed by atoms with Gasteiger partial charge in [-0.1, -0.05) is 37.1 Å². The fraction of sp³-hybridized carbons (Fsp3) is 0.176. The first-order valence-corrected chi connectivity index (χ1v) is 6.38. The van der Waals surface area contributed by atoms with Crippen molar-refractivity contribution in [2.75, 3.05) is 0 Å². The molecule has 2 aromatic carbocycles. The molecule has 0 aliphatic carbocycles. The van der Waals surface area contributed by atoms with Crippen LogP contribution in [0.25, 0.3) is 11.1 Å². The molecule has 0 N–H and O–H groups in total. The topological polar surface area (TPSA) is 9.23 Å². The molecule has 2 rings (SSSR count). The van der Waals surface area contributed by atoms with E-state index in [-0.39, 0.29) is 5.75 Å². The third-order valence-corrected chi connectivity index (χ3v) is 3.02. The quantitative estimate of drug-likeness (QED) is 0.738. The van der Waals surface area contributed by atoms with Gasteiger partial charge >= 0.3 is 6.36 Å². The van der Waals surface area contributed by atoms with Gasteiger partial charge in [-0.15, -0.1) is 19.6 Å². The Hall–Kier alpha value is -2.41. The maximum Gasteiger partial charge on any atom is 0.573 e. The highest BCUT2D eigenvalue weighted by Gasteiger charge is 2.32. The van der Waals surface area contributed by atoms with Crippen LogP contribution in [-0.2, 0) is 6.42 Å². The summed E-state index contributed by atoms with van der Waals surface area (Å²) in [6.45, 7) is 1.98. The fourth-order valence-electron chi connectivity index (χ4n) is 2.02. The number of rotatable bonds is 3. The lowest BCUT2D eigenvalue weighted by Crippen LogP contribution is -2.17. The summed E-state index contributed by atoms with van der Waals surface area (Å²) in [5.74, 6) is 2.16. The average molecular weight is 290 g/mol. The van der Waals surface area contributed by atoms with Crippen molar-refractivity contribution in [3.8, 4) is 29.2 Å². The van der Waals surface area contributed by atoms with Crippen LogP contribution in [0, 0.1) is 12.3 Å². The second-order valence-corrected chi connectivity index (χ2v) is 4.46. The Labute approximate surface area is 121 Å². The lowest BCUT2D eigenvalue weighted by molar-refractivity contribution is -0.274. The van der Waals surface area contributed by atoms with Gasteiger partial charge in [-0.05, 0) is 35.7 Å². The van der Waals surface area contributed by atoms with Crippen LogP contribution in [0.5, 0.6) is 5.75 Å². The zero-order valence-corrected chi connectivity index (χ0v) is 11.4. The van der Waals surface area contributed by atoms with Crippen LogP contribution in [-0.4, -0.2) is 6.36 Å². The van der Waals surface area contributed by atoms with Crippen LogP contribution in [0.15, 0.2) is 42.5 Å². The lowest BCUT2D eigenvalue weighted by atomic mass is 9.99. The highest BCUT2D eigenvalue weighted by Crippen LogP contribution is 2.35. The van der Waals surface area contributed by atoms with E-state index in [1.165, 1.54) is 18.2 Å². The summed E-state index contributed by atoms with van der Waals surface area (Å²) < 4.78 is 41.6. The van der Waals surface area contributed by atoms with Crippen LogP contribution in [0.3, 0.4) is 0 Å². The molecule has 0 aromatic heterocycles. The molecule has 0 fully saturated rings. The second kappa shape index (κ2) is 5.92. The van der Waals surface area contributed by atoms with Gasteiger partial charge in [0.1, 0.15) is 5.75 Å². The Balaban J connectivity index is 2.55. The lowest BCUT2D eigenvalue weighted by Gasteiger charge is -2.14. The molecule has 0 bridgehead atoms. The van der Waals surface area contributed by atoms with Gasteiger partial charge < -0.3 is 4.74 Å². The van der Waals surface area contributed by atoms with Crippen molar-refractivity contribution in [3.05, 3.63) is 53.6 Å². The Kier molecular flexibility index (Phi) is 4.23. The molecule has 21 heavy (non-hydrogen) atoms. The van der Waals surface area contributed by atoms with E-state index in [1.54, 1.807) is 12.1 Å². The predicted molar refractivity (Wildman–Crippen MR) is 75.9 cm³/mol. The van der Waals surface area contributed by atoms with Crippen LogP contribution in [0.2, 0.25) is 0 Å². The van der Waals surface area contributed by atoms with Crippen molar-refractivity contribution < 1.29 is 17.9 Å². The van der Waals surface area contributed by atoms with E-state index in [2.05, 4.69) is 10.7 Å². The maximum atomic E-state index is 12.5. The van der Waals surface area contributed by atoms with Crippen LogP contribution in [0.1, 0.15) is 18.1 Å². The second-order valence-electron chi connectivity index (χ2n) is 4.46. The van der Waals surface area contributed by atoms with Crippen LogP contribution >= 0.6 is 0 Å². The molecule has 0 aliphatic heterocycles. The minimum absolute atomic E-state index is 0.255. The van der Waals surface area contributed by atoms with Crippen molar-refractivity contribution in [1.82, 2.24) is 0 Å². The molecule has 1 nitrogen and oxygen atoms in total. The van der Waals surface area contributed by atoms with Gasteiger partial charge in [0, 0.05) is 11.1 Å². The molecule has 0 saturated carbocycles. The Bertz CT molecular complexity index is 681. The predicted octanol–water partition coefficient (Wildman–Crippen LogP) is 4.80. The van der Waals surface area contributed by atoms with Gasteiger partial charge in [-0.3, -0.25) is 0 Å². The Morgan fingerprint density at radius 3 is 2.52 bits per heavy atom. The first kappa shape index (κ1) is 15.0. The van der Waals surface area contributed by atoms with Crippen molar-refractivity contribution >= 4 is 0 Å². The van der Waals surface area contributed by atoms with Crippen molar-refractivity contribution in [1.29, 1.82) is 0 Å². The summed E-state index contributed by atoms with van der Waals surface area (Å²) in [6, 6.07) is 11.5. The van der Waals surface area contributed by atoms with E-state index >= 15 is 0 Å². The van der Waals surface area contributed by atoms with Gasteiger partial charge in [0.2, 0.25) is 0 Å². The highest BCUT2D eigenvalue weighted by molar-refractivity contribution is 5.72. The SMILES string of the molecule is C#Cc1ccc(OC(F)(F)F)c(-c2cccc(CC)c2)c1. The molecule has 108 valence electrons. The number of alkyl halides is 3. The number of ether oxygens (including phenoxy) is 1. The van der Waals surface area contributed by atoms with Crippen molar-refractivity contribution in [2.24, 2.45) is 0 Å². The molecular weight excluding hydrogens is 277 g/mol. The first-order valence-electron chi connectivity index (χ1n) is 6.38. The standard InChI is InChI=1S/C17H13F3O/c1-3-12-6-5-7-14(10-12)15-11-13(4-2)8-9-16(15)21-17(18,19)20/h2,5-11H,3H2,1H3. The molecule has 0 unspecified atom stereocenters. The molecule has 0 spiro atoms. The molecule has 2 aromatic rings. The largest absolute Gasteiger partial charge is 0.573 e. The van der Waals surface area contributed by atoms with E-state index in [0.717, 1.165) is 12.0 Å². The number of benzene rings is 2. The average Bonchev–Trinajstić information content (AvgIpc) is 2.46. The van der Waals surface area contributed by atoms with E-state index < -0.39 is 6.36 Å². The molecule has 0 amide bonds.